The van der Waals surface area contributed by atoms with E-state index in [2.05, 4.69) is 9.97 Å². The summed E-state index contributed by atoms with van der Waals surface area (Å²) in [6.45, 7) is 0.286. The Labute approximate surface area is 102 Å². The summed E-state index contributed by atoms with van der Waals surface area (Å²) < 4.78 is 6.52. The van der Waals surface area contributed by atoms with Crippen LogP contribution in [0.2, 0.25) is 0 Å². The molecule has 0 aliphatic carbocycles. The Morgan fingerprint density at radius 2 is 2.17 bits per heavy atom. The van der Waals surface area contributed by atoms with Crippen LogP contribution in [0, 0.1) is 0 Å². The zero-order chi connectivity index (χ0) is 12.5. The number of hydrogen-bond donors (Lipinski definition) is 1. The minimum Gasteiger partial charge on any atom is -0.406 e. The molecule has 0 spiro atoms. The van der Waals surface area contributed by atoms with Crippen molar-refractivity contribution in [3.63, 3.8) is 0 Å². The molecule has 3 aromatic heterocycles. The number of rotatable bonds is 2. The molecule has 0 unspecified atom stereocenters. The predicted molar refractivity (Wildman–Crippen MR) is 66.0 cm³/mol. The third kappa shape index (κ3) is 1.73. The van der Waals surface area contributed by atoms with Gasteiger partial charge in [-0.25, -0.2) is 14.8 Å². The lowest BCUT2D eigenvalue weighted by Gasteiger charge is -2.01. The molecule has 3 heterocycles. The fraction of sp³-hybridized carbons (Fsp3) is 0.0833. The highest BCUT2D eigenvalue weighted by Gasteiger charge is 2.10. The van der Waals surface area contributed by atoms with Crippen molar-refractivity contribution in [1.82, 2.24) is 14.5 Å². The van der Waals surface area contributed by atoms with Crippen molar-refractivity contribution in [2.45, 2.75) is 6.54 Å². The Balaban J connectivity index is 2.10. The third-order valence-corrected chi connectivity index (χ3v) is 2.57. The van der Waals surface area contributed by atoms with Crippen LogP contribution in [-0.2, 0) is 6.54 Å². The highest BCUT2D eigenvalue weighted by molar-refractivity contribution is 5.67. The fourth-order valence-corrected chi connectivity index (χ4v) is 1.79. The van der Waals surface area contributed by atoms with Gasteiger partial charge in [-0.3, -0.25) is 4.57 Å². The second-order valence-electron chi connectivity index (χ2n) is 3.83. The van der Waals surface area contributed by atoms with Gasteiger partial charge in [0.25, 0.3) is 0 Å². The van der Waals surface area contributed by atoms with Crippen molar-refractivity contribution in [2.24, 2.45) is 0 Å². The molecule has 6 nitrogen and oxygen atoms in total. The van der Waals surface area contributed by atoms with Crippen LogP contribution < -0.4 is 11.5 Å². The number of nitrogens with two attached hydrogens (primary N) is 1. The maximum Gasteiger partial charge on any atom is 0.421 e. The average Bonchev–Trinajstić information content (AvgIpc) is 2.66. The molecule has 0 saturated heterocycles. The Hall–Kier alpha value is -2.63. The number of nitrogen functional groups attached to an aromatic ring is 1. The molecule has 0 atom stereocenters. The van der Waals surface area contributed by atoms with Crippen LogP contribution in [0.1, 0.15) is 5.69 Å². The number of oxazole rings is 1. The maximum absolute atomic E-state index is 11.7. The molecular formula is C12H10N4O2. The van der Waals surface area contributed by atoms with Gasteiger partial charge in [-0.1, -0.05) is 6.07 Å². The van der Waals surface area contributed by atoms with E-state index < -0.39 is 5.76 Å². The number of anilines is 1. The van der Waals surface area contributed by atoms with Crippen molar-refractivity contribution in [3.05, 3.63) is 52.8 Å². The van der Waals surface area contributed by atoms with Crippen molar-refractivity contribution in [3.8, 4) is 0 Å². The molecule has 0 bridgehead atoms. The number of aromatic nitrogens is 3. The van der Waals surface area contributed by atoms with Gasteiger partial charge in [0.15, 0.2) is 11.2 Å². The SMILES string of the molecule is Nc1cccc(Cn2c(=O)oc3cccnc32)n1. The van der Waals surface area contributed by atoms with Crippen LogP contribution in [0.4, 0.5) is 5.82 Å². The number of nitrogens with zero attached hydrogens (tertiary/aromatic N) is 3. The summed E-state index contributed by atoms with van der Waals surface area (Å²) in [4.78, 5) is 20.0. The first kappa shape index (κ1) is 10.5. The van der Waals surface area contributed by atoms with Crippen molar-refractivity contribution < 1.29 is 4.42 Å². The van der Waals surface area contributed by atoms with E-state index in [1.165, 1.54) is 4.57 Å². The summed E-state index contributed by atoms with van der Waals surface area (Å²) in [5.74, 6) is -0.0331. The van der Waals surface area contributed by atoms with E-state index in [9.17, 15) is 4.79 Å². The van der Waals surface area contributed by atoms with Crippen LogP contribution in [0.5, 0.6) is 0 Å². The first-order valence-electron chi connectivity index (χ1n) is 5.40. The first-order valence-corrected chi connectivity index (χ1v) is 5.40. The van der Waals surface area contributed by atoms with Crippen LogP contribution in [0.15, 0.2) is 45.7 Å². The van der Waals surface area contributed by atoms with Crippen LogP contribution >= 0.6 is 0 Å². The van der Waals surface area contributed by atoms with Gasteiger partial charge in [-0.15, -0.1) is 0 Å². The number of pyridine rings is 2. The van der Waals surface area contributed by atoms with Gasteiger partial charge in [-0.2, -0.15) is 0 Å². The molecule has 0 saturated carbocycles. The lowest BCUT2D eigenvalue weighted by atomic mass is 10.3. The highest BCUT2D eigenvalue weighted by Crippen LogP contribution is 2.10. The Bertz CT molecular complexity index is 760. The molecule has 90 valence electrons. The summed E-state index contributed by atoms with van der Waals surface area (Å²) in [6, 6.07) is 8.70. The third-order valence-electron chi connectivity index (χ3n) is 2.57. The minimum atomic E-state index is -0.451. The van der Waals surface area contributed by atoms with Crippen molar-refractivity contribution >= 4 is 17.0 Å². The average molecular weight is 242 g/mol. The van der Waals surface area contributed by atoms with E-state index >= 15 is 0 Å². The van der Waals surface area contributed by atoms with E-state index in [1.807, 2.05) is 0 Å². The standard InChI is InChI=1S/C12H10N4O2/c13-10-5-1-3-8(15-10)7-16-11-9(18-12(16)17)4-2-6-14-11/h1-6H,7H2,(H2,13,15). The molecule has 0 aliphatic rings. The first-order chi connectivity index (χ1) is 8.74. The molecule has 0 aliphatic heterocycles. The van der Waals surface area contributed by atoms with E-state index in [-0.39, 0.29) is 6.54 Å². The topological polar surface area (TPSA) is 86.9 Å². The van der Waals surface area contributed by atoms with Gasteiger partial charge >= 0.3 is 5.76 Å². The molecule has 3 rings (SSSR count). The Kier molecular flexibility index (Phi) is 2.33. The highest BCUT2D eigenvalue weighted by atomic mass is 16.4. The van der Waals surface area contributed by atoms with Gasteiger partial charge in [0.2, 0.25) is 0 Å². The normalized spacial score (nSPS) is 10.9. The lowest BCUT2D eigenvalue weighted by Crippen LogP contribution is -2.16. The summed E-state index contributed by atoms with van der Waals surface area (Å²) >= 11 is 0. The molecule has 18 heavy (non-hydrogen) atoms. The number of hydrogen-bond acceptors (Lipinski definition) is 5. The lowest BCUT2D eigenvalue weighted by molar-refractivity contribution is 0.516. The summed E-state index contributed by atoms with van der Waals surface area (Å²) in [5.41, 5.74) is 7.26. The summed E-state index contributed by atoms with van der Waals surface area (Å²) in [6.07, 6.45) is 1.61. The van der Waals surface area contributed by atoms with E-state index in [1.54, 1.807) is 36.5 Å². The van der Waals surface area contributed by atoms with Crippen LogP contribution in [-0.4, -0.2) is 14.5 Å². The summed E-state index contributed by atoms with van der Waals surface area (Å²) in [5, 5.41) is 0. The molecule has 0 radical (unpaired) electrons. The molecule has 0 fully saturated rings. The molecule has 6 heteroatoms. The Morgan fingerprint density at radius 3 is 3.00 bits per heavy atom. The molecule has 0 aromatic carbocycles. The van der Waals surface area contributed by atoms with E-state index in [0.29, 0.717) is 22.7 Å². The smallest absolute Gasteiger partial charge is 0.406 e. The van der Waals surface area contributed by atoms with Crippen molar-refractivity contribution in [1.29, 1.82) is 0 Å². The predicted octanol–water partition coefficient (Wildman–Crippen LogP) is 1.02. The molecule has 0 amide bonds. The quantitative estimate of drug-likeness (QED) is 0.724. The van der Waals surface area contributed by atoms with E-state index in [4.69, 9.17) is 10.2 Å². The van der Waals surface area contributed by atoms with Gasteiger partial charge in [0.1, 0.15) is 5.82 Å². The minimum absolute atomic E-state index is 0.286. The van der Waals surface area contributed by atoms with Gasteiger partial charge in [0, 0.05) is 6.20 Å². The zero-order valence-electron chi connectivity index (χ0n) is 9.41. The van der Waals surface area contributed by atoms with Gasteiger partial charge < -0.3 is 10.2 Å². The molecule has 3 aromatic rings. The van der Waals surface area contributed by atoms with Gasteiger partial charge in [0.05, 0.1) is 12.2 Å². The summed E-state index contributed by atoms with van der Waals surface area (Å²) in [7, 11) is 0. The monoisotopic (exact) mass is 242 g/mol. The maximum atomic E-state index is 11.7. The van der Waals surface area contributed by atoms with E-state index in [0.717, 1.165) is 0 Å². The zero-order valence-corrected chi connectivity index (χ0v) is 9.41. The van der Waals surface area contributed by atoms with Crippen LogP contribution in [0.25, 0.3) is 11.2 Å². The second kappa shape index (κ2) is 3.99. The number of fused-ring (bicyclic) bond motifs is 1. The second-order valence-corrected chi connectivity index (χ2v) is 3.83. The Morgan fingerprint density at radius 1 is 1.28 bits per heavy atom. The molecular weight excluding hydrogens is 232 g/mol. The van der Waals surface area contributed by atoms with Crippen LogP contribution in [0.3, 0.4) is 0 Å². The van der Waals surface area contributed by atoms with Gasteiger partial charge in [-0.05, 0) is 24.3 Å². The fourth-order valence-electron chi connectivity index (χ4n) is 1.79. The van der Waals surface area contributed by atoms with Crippen molar-refractivity contribution in [2.75, 3.05) is 5.73 Å². The molecule has 2 N–H and O–H groups in total. The largest absolute Gasteiger partial charge is 0.421 e.